The molecule has 0 bridgehead atoms. The number of halogens is 1. The van der Waals surface area contributed by atoms with Gasteiger partial charge in [0.1, 0.15) is 0 Å². The summed E-state index contributed by atoms with van der Waals surface area (Å²) < 4.78 is 0. The van der Waals surface area contributed by atoms with Crippen LogP contribution in [0.15, 0.2) is 11.1 Å². The number of hydrogen-bond acceptors (Lipinski definition) is 0. The van der Waals surface area contributed by atoms with Gasteiger partial charge in [0, 0.05) is 5.54 Å². The van der Waals surface area contributed by atoms with Crippen LogP contribution in [0.25, 0.3) is 0 Å². The van der Waals surface area contributed by atoms with Gasteiger partial charge in [0.05, 0.1) is 0 Å². The molecule has 0 amide bonds. The highest BCUT2D eigenvalue weighted by Gasteiger charge is 1.91. The van der Waals surface area contributed by atoms with Gasteiger partial charge in [0.2, 0.25) is 0 Å². The lowest BCUT2D eigenvalue weighted by molar-refractivity contribution is 0.771. The highest BCUT2D eigenvalue weighted by molar-refractivity contribution is 6.25. The van der Waals surface area contributed by atoms with Gasteiger partial charge in [-0.25, -0.2) is 0 Å². The lowest BCUT2D eigenvalue weighted by Gasteiger charge is -1.99. The molecule has 0 atom stereocenters. The van der Waals surface area contributed by atoms with Gasteiger partial charge in [0.25, 0.3) is 0 Å². The predicted molar refractivity (Wildman–Crippen MR) is 34.4 cm³/mol. The molecular weight excluding hydrogens is 108 g/mol. The highest BCUT2D eigenvalue weighted by atomic mass is 35.5. The molecule has 42 valence electrons. The zero-order valence-electron chi connectivity index (χ0n) is 5.03. The molecule has 0 aromatic rings. The maximum atomic E-state index is 5.38. The minimum atomic E-state index is 0.595. The van der Waals surface area contributed by atoms with E-state index in [4.69, 9.17) is 11.6 Å². The van der Waals surface area contributed by atoms with Crippen LogP contribution in [0.4, 0.5) is 0 Å². The van der Waals surface area contributed by atoms with Crippen molar-refractivity contribution in [3.8, 4) is 0 Å². The summed E-state index contributed by atoms with van der Waals surface area (Å²) in [5.41, 5.74) is 2.87. The smallest absolute Gasteiger partial charge is 0.00342 e. The third kappa shape index (κ3) is 2.69. The Labute approximate surface area is 50.2 Å². The zero-order valence-corrected chi connectivity index (χ0v) is 5.79. The minimum Gasteiger partial charge on any atom is -0.0930 e. The summed E-state index contributed by atoms with van der Waals surface area (Å²) in [6, 6.07) is 0. The van der Waals surface area contributed by atoms with Crippen LogP contribution in [0.1, 0.15) is 20.8 Å². The summed E-state index contributed by atoms with van der Waals surface area (Å²) in [6.07, 6.45) is 0. The number of hydrogen-bond donors (Lipinski definition) is 0. The van der Waals surface area contributed by atoms with Gasteiger partial charge in [-0.1, -0.05) is 31.0 Å². The van der Waals surface area contributed by atoms with Gasteiger partial charge in [-0.2, -0.15) is 0 Å². The topological polar surface area (TPSA) is 0 Å². The fourth-order valence-corrected chi connectivity index (χ4v) is 0.378. The number of rotatable bonds is 1. The fraction of sp³-hybridized carbons (Fsp3) is 0.667. The van der Waals surface area contributed by atoms with Crippen LogP contribution in [0.2, 0.25) is 0 Å². The van der Waals surface area contributed by atoms with Crippen LogP contribution >= 0.6 is 11.6 Å². The van der Waals surface area contributed by atoms with E-state index in [1.807, 2.05) is 6.92 Å². The van der Waals surface area contributed by atoms with E-state index in [0.29, 0.717) is 5.92 Å². The molecule has 1 heteroatoms. The van der Waals surface area contributed by atoms with Crippen molar-refractivity contribution in [3.05, 3.63) is 11.1 Å². The molecule has 0 aromatic heterocycles. The zero-order chi connectivity index (χ0) is 5.86. The van der Waals surface area contributed by atoms with E-state index in [0.717, 1.165) is 0 Å². The molecule has 0 unspecified atom stereocenters. The van der Waals surface area contributed by atoms with Gasteiger partial charge in [0.15, 0.2) is 0 Å². The molecule has 0 spiro atoms. The maximum absolute atomic E-state index is 5.38. The van der Waals surface area contributed by atoms with Gasteiger partial charge >= 0.3 is 0 Å². The molecule has 0 aliphatic carbocycles. The molecule has 0 saturated heterocycles. The summed E-state index contributed by atoms with van der Waals surface area (Å²) in [6.45, 7) is 6.26. The van der Waals surface area contributed by atoms with E-state index < -0.39 is 0 Å². The summed E-state index contributed by atoms with van der Waals surface area (Å²) in [7, 11) is 0. The van der Waals surface area contributed by atoms with Crippen LogP contribution in [-0.4, -0.2) is 0 Å². The fourth-order valence-electron chi connectivity index (χ4n) is 0.126. The second-order valence-corrected chi connectivity index (χ2v) is 2.23. The van der Waals surface area contributed by atoms with Gasteiger partial charge < -0.3 is 0 Å². The third-order valence-corrected chi connectivity index (χ3v) is 1.43. The van der Waals surface area contributed by atoms with Crippen LogP contribution in [-0.2, 0) is 0 Å². The first-order valence-electron chi connectivity index (χ1n) is 2.45. The van der Waals surface area contributed by atoms with Crippen molar-refractivity contribution in [1.82, 2.24) is 0 Å². The van der Waals surface area contributed by atoms with E-state index in [2.05, 4.69) is 13.8 Å². The molecule has 0 aliphatic heterocycles. The summed E-state index contributed by atoms with van der Waals surface area (Å²) in [4.78, 5) is 0. The molecule has 0 aromatic carbocycles. The van der Waals surface area contributed by atoms with E-state index in [9.17, 15) is 0 Å². The SMILES string of the molecule is C/C(=C\Cl)C(C)C. The van der Waals surface area contributed by atoms with Crippen molar-refractivity contribution in [2.75, 3.05) is 0 Å². The average molecular weight is 119 g/mol. The Morgan fingerprint density at radius 1 is 1.57 bits per heavy atom. The van der Waals surface area contributed by atoms with E-state index in [-0.39, 0.29) is 0 Å². The molecular formula is C6H11Cl. The normalized spacial score (nSPS) is 13.0. The molecule has 0 saturated carbocycles. The average Bonchev–Trinajstić information content (AvgIpc) is 1.65. The van der Waals surface area contributed by atoms with Crippen molar-refractivity contribution in [1.29, 1.82) is 0 Å². The highest BCUT2D eigenvalue weighted by Crippen LogP contribution is 2.07. The Morgan fingerprint density at radius 3 is 2.00 bits per heavy atom. The monoisotopic (exact) mass is 118 g/mol. The molecule has 0 radical (unpaired) electrons. The standard InChI is InChI=1S/C6H11Cl/c1-5(2)6(3)4-7/h4-5H,1-3H3/b6-4+. The number of allylic oxidation sites excluding steroid dienone is 1. The Bertz CT molecular complexity index is 72.2. The van der Waals surface area contributed by atoms with E-state index >= 15 is 0 Å². The largest absolute Gasteiger partial charge is 0.0930 e. The van der Waals surface area contributed by atoms with Gasteiger partial charge in [-0.05, 0) is 12.8 Å². The Kier molecular flexibility index (Phi) is 3.10. The third-order valence-electron chi connectivity index (χ3n) is 1.08. The lowest BCUT2D eigenvalue weighted by Crippen LogP contribution is -1.85. The van der Waals surface area contributed by atoms with Crippen LogP contribution in [0.3, 0.4) is 0 Å². The van der Waals surface area contributed by atoms with E-state index in [1.54, 1.807) is 5.54 Å². The molecule has 0 nitrogen and oxygen atoms in total. The van der Waals surface area contributed by atoms with Gasteiger partial charge in [-0.15, -0.1) is 0 Å². The molecule has 0 heterocycles. The lowest BCUT2D eigenvalue weighted by atomic mass is 10.1. The minimum absolute atomic E-state index is 0.595. The van der Waals surface area contributed by atoms with Crippen LogP contribution in [0.5, 0.6) is 0 Å². The predicted octanol–water partition coefficient (Wildman–Crippen LogP) is 2.79. The van der Waals surface area contributed by atoms with Gasteiger partial charge in [-0.3, -0.25) is 0 Å². The molecule has 0 aliphatic rings. The van der Waals surface area contributed by atoms with Crippen molar-refractivity contribution in [2.45, 2.75) is 20.8 Å². The molecule has 0 fully saturated rings. The Balaban J connectivity index is 3.56. The first kappa shape index (κ1) is 7.03. The Morgan fingerprint density at radius 2 is 2.00 bits per heavy atom. The maximum Gasteiger partial charge on any atom is 0.00342 e. The molecule has 0 N–H and O–H groups in total. The first-order chi connectivity index (χ1) is 3.18. The second kappa shape index (κ2) is 3.09. The summed E-state index contributed by atoms with van der Waals surface area (Å²) in [5.74, 6) is 0.595. The van der Waals surface area contributed by atoms with Crippen LogP contribution < -0.4 is 0 Å². The second-order valence-electron chi connectivity index (χ2n) is 2.01. The van der Waals surface area contributed by atoms with Crippen molar-refractivity contribution in [3.63, 3.8) is 0 Å². The summed E-state index contributed by atoms with van der Waals surface area (Å²) >= 11 is 5.38. The first-order valence-corrected chi connectivity index (χ1v) is 2.89. The van der Waals surface area contributed by atoms with Crippen molar-refractivity contribution < 1.29 is 0 Å². The quantitative estimate of drug-likeness (QED) is 0.497. The molecule has 0 rings (SSSR count). The summed E-state index contributed by atoms with van der Waals surface area (Å²) in [5, 5.41) is 0. The Hall–Kier alpha value is 0.0300. The van der Waals surface area contributed by atoms with Crippen LogP contribution in [0, 0.1) is 5.92 Å². The van der Waals surface area contributed by atoms with Crippen molar-refractivity contribution in [2.24, 2.45) is 5.92 Å². The van der Waals surface area contributed by atoms with Crippen molar-refractivity contribution >= 4 is 11.6 Å². The van der Waals surface area contributed by atoms with E-state index in [1.165, 1.54) is 5.57 Å². The molecule has 7 heavy (non-hydrogen) atoms.